The fourth-order valence-corrected chi connectivity index (χ4v) is 12.2. The lowest BCUT2D eigenvalue weighted by molar-refractivity contribution is -0.271. The van der Waals surface area contributed by atoms with Crippen LogP contribution in [0.4, 0.5) is 4.79 Å². The molecule has 0 radical (unpaired) electrons. The van der Waals surface area contributed by atoms with E-state index in [2.05, 4.69) is 38.3 Å². The minimum absolute atomic E-state index is 0.0476. The first-order valence-electron chi connectivity index (χ1n) is 37.5. The lowest BCUT2D eigenvalue weighted by Gasteiger charge is -2.45. The van der Waals surface area contributed by atoms with Crippen molar-refractivity contribution in [1.82, 2.24) is 10.3 Å². The van der Waals surface area contributed by atoms with Gasteiger partial charge in [-0.25, -0.2) is 4.79 Å². The average molecular weight is 1270 g/mol. The lowest BCUT2D eigenvalue weighted by atomic mass is 9.95. The summed E-state index contributed by atoms with van der Waals surface area (Å²) in [5, 5.41) is 6.18. The molecule has 516 valence electrons. The molecule has 0 aromatic carbocycles. The zero-order chi connectivity index (χ0) is 64.0. The Balaban J connectivity index is 3.32. The number of hydrogen-bond donors (Lipinski definition) is 1. The molecule has 15 heteroatoms. The molecule has 1 heterocycles. The van der Waals surface area contributed by atoms with Crippen molar-refractivity contribution >= 4 is 41.5 Å². The number of nitrogens with one attached hydrogen (secondary N) is 1. The minimum atomic E-state index is -1.60. The quantitative estimate of drug-likeness (QED) is 0.0153. The highest BCUT2D eigenvalue weighted by Gasteiger charge is 2.53. The molecular formula is C73H136ClN3O11. The third-order valence-corrected chi connectivity index (χ3v) is 17.9. The van der Waals surface area contributed by atoms with Crippen LogP contribution in [0.25, 0.3) is 0 Å². The van der Waals surface area contributed by atoms with E-state index < -0.39 is 67.2 Å². The smallest absolute Gasteiger partial charge is 0.341 e. The number of unbranched alkanes of at least 4 members (excludes halogenated alkanes) is 48. The average Bonchev–Trinajstić information content (AvgIpc) is 0.922. The topological polar surface area (TPSA) is 176 Å². The number of carbonyl (C=O) groups excluding carboxylic acids is 5. The number of nitrogens with zero attached hydrogens (tertiary/aromatic N) is 2. The van der Waals surface area contributed by atoms with Crippen molar-refractivity contribution in [2.75, 3.05) is 19.0 Å². The maximum absolute atomic E-state index is 14.1. The summed E-state index contributed by atoms with van der Waals surface area (Å²) in [6.45, 7) is 8.33. The Hall–Kier alpha value is -3.00. The van der Waals surface area contributed by atoms with Crippen molar-refractivity contribution in [2.45, 2.75) is 418 Å². The van der Waals surface area contributed by atoms with Crippen LogP contribution in [-0.2, 0) is 42.9 Å². The third-order valence-electron chi connectivity index (χ3n) is 17.7. The summed E-state index contributed by atoms with van der Waals surface area (Å²) < 4.78 is 31.1. The molecule has 14 nitrogen and oxygen atoms in total. The van der Waals surface area contributed by atoms with Crippen LogP contribution in [0.2, 0.25) is 0 Å². The number of alkyl halides is 1. The van der Waals surface area contributed by atoms with Gasteiger partial charge < -0.3 is 29.0 Å². The predicted molar refractivity (Wildman–Crippen MR) is 362 cm³/mol. The van der Waals surface area contributed by atoms with E-state index in [0.717, 1.165) is 96.3 Å². The highest BCUT2D eigenvalue weighted by molar-refractivity contribution is 6.18. The van der Waals surface area contributed by atoms with Crippen LogP contribution >= 0.6 is 11.6 Å². The Bertz CT molecular complexity index is 1640. The monoisotopic (exact) mass is 1270 g/mol. The van der Waals surface area contributed by atoms with Crippen molar-refractivity contribution in [3.05, 3.63) is 4.91 Å². The zero-order valence-corrected chi connectivity index (χ0v) is 58.1. The number of nitroso groups, excluding NO2 is 1. The van der Waals surface area contributed by atoms with Crippen molar-refractivity contribution in [1.29, 1.82) is 0 Å². The van der Waals surface area contributed by atoms with Crippen LogP contribution in [0.3, 0.4) is 0 Å². The minimum Gasteiger partial charge on any atom is -0.463 e. The molecule has 0 aliphatic carbocycles. The van der Waals surface area contributed by atoms with Gasteiger partial charge in [-0.15, -0.1) is 16.5 Å². The van der Waals surface area contributed by atoms with E-state index in [1.807, 2.05) is 0 Å². The molecule has 88 heavy (non-hydrogen) atoms. The standard InChI is InChI=1S/C73H136ClN3O11/c1-5-9-13-17-21-25-29-33-37-41-45-49-53-57-65(78)84-63-64-70(86-66(79)58-54-50-46-42-38-34-30-26-22-18-14-10-6-2)71(87-67(80)59-55-51-47-43-39-35-31-27-23-19-15-11-7-3)69(75-73(82)77(76-83)62-61-74)72(85-64)88-68(81)60-56-52-48-44-40-36-32-28-24-20-16-12-8-4/h64,69-72H,5-63H2,1-4H3,(H,75,82)/t64-,69-,70-,71-,72?/m1/s1. The molecule has 1 unspecified atom stereocenters. The van der Waals surface area contributed by atoms with Gasteiger partial charge >= 0.3 is 29.9 Å². The number of ether oxygens (including phenoxy) is 5. The van der Waals surface area contributed by atoms with Gasteiger partial charge in [-0.3, -0.25) is 19.2 Å². The summed E-state index contributed by atoms with van der Waals surface area (Å²) in [6.07, 6.45) is 54.4. The van der Waals surface area contributed by atoms with Gasteiger partial charge in [0.1, 0.15) is 18.8 Å². The molecule has 1 N–H and O–H groups in total. The molecule has 0 aromatic heterocycles. The molecule has 2 amide bonds. The van der Waals surface area contributed by atoms with E-state index in [-0.39, 0.29) is 38.1 Å². The Morgan fingerprint density at radius 3 is 0.920 bits per heavy atom. The maximum atomic E-state index is 14.1. The molecule has 1 rings (SSSR count). The van der Waals surface area contributed by atoms with Gasteiger partial charge in [-0.05, 0) is 25.7 Å². The predicted octanol–water partition coefficient (Wildman–Crippen LogP) is 21.8. The first kappa shape index (κ1) is 83.0. The summed E-state index contributed by atoms with van der Waals surface area (Å²) >= 11 is 5.99. The zero-order valence-electron chi connectivity index (χ0n) is 57.4. The summed E-state index contributed by atoms with van der Waals surface area (Å²) in [5.41, 5.74) is 0. The summed E-state index contributed by atoms with van der Waals surface area (Å²) in [6, 6.07) is -2.47. The normalized spacial score (nSPS) is 16.5. The Morgan fingerprint density at radius 1 is 0.375 bits per heavy atom. The van der Waals surface area contributed by atoms with Crippen LogP contribution in [0.1, 0.15) is 387 Å². The molecule has 1 aliphatic rings. The largest absolute Gasteiger partial charge is 0.463 e. The van der Waals surface area contributed by atoms with E-state index in [1.54, 1.807) is 0 Å². The van der Waals surface area contributed by atoms with Crippen molar-refractivity contribution in [2.24, 2.45) is 5.29 Å². The maximum Gasteiger partial charge on any atom is 0.341 e. The fourth-order valence-electron chi connectivity index (χ4n) is 12.1. The highest BCUT2D eigenvalue weighted by Crippen LogP contribution is 2.30. The molecular weight excluding hydrogens is 1130 g/mol. The highest BCUT2D eigenvalue weighted by atomic mass is 35.5. The summed E-state index contributed by atoms with van der Waals surface area (Å²) in [7, 11) is 0. The van der Waals surface area contributed by atoms with Gasteiger partial charge in [0.15, 0.2) is 12.2 Å². The second-order valence-electron chi connectivity index (χ2n) is 26.0. The molecule has 1 aliphatic heterocycles. The number of carbonyl (C=O) groups is 5. The van der Waals surface area contributed by atoms with E-state index >= 15 is 0 Å². The SMILES string of the molecule is CCCCCCCCCCCCCCCC(=O)OC[C@H]1OC(OC(=O)CCCCCCCCCCCCCCC)[C@H](NC(=O)N(CCCl)N=O)[C@@H](OC(=O)CCCCCCCCCCCCCCC)[C@@H]1OC(=O)CCCCCCCCCCCCCCC. The summed E-state index contributed by atoms with van der Waals surface area (Å²) in [4.78, 5) is 81.5. The van der Waals surface area contributed by atoms with Gasteiger partial charge in [-0.1, -0.05) is 336 Å². The Kier molecular flexibility index (Phi) is 59.2. The second-order valence-corrected chi connectivity index (χ2v) is 26.3. The van der Waals surface area contributed by atoms with Crippen LogP contribution in [0.15, 0.2) is 5.29 Å². The number of rotatable bonds is 65. The van der Waals surface area contributed by atoms with Gasteiger partial charge in [0.25, 0.3) is 0 Å². The number of esters is 4. The molecule has 0 aromatic rings. The first-order valence-corrected chi connectivity index (χ1v) is 38.1. The van der Waals surface area contributed by atoms with Crippen LogP contribution in [0.5, 0.6) is 0 Å². The third kappa shape index (κ3) is 48.7. The van der Waals surface area contributed by atoms with Crippen molar-refractivity contribution in [3.8, 4) is 0 Å². The van der Waals surface area contributed by atoms with Gasteiger partial charge in [0, 0.05) is 31.6 Å². The van der Waals surface area contributed by atoms with Crippen molar-refractivity contribution in [3.63, 3.8) is 0 Å². The second kappa shape index (κ2) is 62.8. The van der Waals surface area contributed by atoms with Crippen LogP contribution in [-0.4, -0.2) is 84.6 Å². The molecule has 0 spiro atoms. The van der Waals surface area contributed by atoms with Gasteiger partial charge in [0.05, 0.1) is 11.8 Å². The van der Waals surface area contributed by atoms with E-state index in [4.69, 9.17) is 35.3 Å². The van der Waals surface area contributed by atoms with Gasteiger partial charge in [-0.2, -0.15) is 5.01 Å². The van der Waals surface area contributed by atoms with E-state index in [1.165, 1.54) is 212 Å². The summed E-state index contributed by atoms with van der Waals surface area (Å²) in [5.74, 6) is -2.35. The van der Waals surface area contributed by atoms with Crippen LogP contribution < -0.4 is 5.32 Å². The molecule has 5 atom stereocenters. The molecule has 0 bridgehead atoms. The van der Waals surface area contributed by atoms with Crippen molar-refractivity contribution < 1.29 is 47.7 Å². The van der Waals surface area contributed by atoms with E-state index in [0.29, 0.717) is 30.7 Å². The fraction of sp³-hybridized carbons (Fsp3) is 0.932. The molecule has 1 fully saturated rings. The van der Waals surface area contributed by atoms with Crippen LogP contribution in [0, 0.1) is 4.91 Å². The number of halogens is 1. The molecule has 0 saturated carbocycles. The Labute approximate surface area is 544 Å². The molecule has 1 saturated heterocycles. The number of urea groups is 1. The van der Waals surface area contributed by atoms with Gasteiger partial charge in [0.2, 0.25) is 6.29 Å². The number of amides is 2. The Morgan fingerprint density at radius 2 is 0.636 bits per heavy atom. The first-order chi connectivity index (χ1) is 43.1. The van der Waals surface area contributed by atoms with E-state index in [9.17, 15) is 28.9 Å². The number of hydrogen-bond acceptors (Lipinski definition) is 12. The lowest BCUT2D eigenvalue weighted by Crippen LogP contribution is -2.67.